The van der Waals surface area contributed by atoms with Gasteiger partial charge in [-0.15, -0.1) is 0 Å². The lowest BCUT2D eigenvalue weighted by Gasteiger charge is -2.12. The number of pyridine rings is 1. The summed E-state index contributed by atoms with van der Waals surface area (Å²) in [5.41, 5.74) is 5.04. The van der Waals surface area contributed by atoms with Gasteiger partial charge in [0.1, 0.15) is 17.3 Å². The van der Waals surface area contributed by atoms with Gasteiger partial charge >= 0.3 is 0 Å². The summed E-state index contributed by atoms with van der Waals surface area (Å²) >= 11 is 0. The molecule has 0 aliphatic carbocycles. The van der Waals surface area contributed by atoms with Crippen LogP contribution in [0.1, 0.15) is 16.1 Å². The van der Waals surface area contributed by atoms with E-state index in [1.807, 2.05) is 36.4 Å². The van der Waals surface area contributed by atoms with Gasteiger partial charge in [0, 0.05) is 17.0 Å². The molecule has 0 spiro atoms. The van der Waals surface area contributed by atoms with Gasteiger partial charge in [-0.2, -0.15) is 5.10 Å². The van der Waals surface area contributed by atoms with E-state index in [-0.39, 0.29) is 5.91 Å². The number of nitrogens with one attached hydrogen (secondary N) is 1. The number of hydrazone groups is 1. The summed E-state index contributed by atoms with van der Waals surface area (Å²) < 4.78 is 16.0. The number of ether oxygens (including phenoxy) is 2. The van der Waals surface area contributed by atoms with Crippen molar-refractivity contribution in [1.82, 2.24) is 10.4 Å². The third-order valence-corrected chi connectivity index (χ3v) is 4.55. The van der Waals surface area contributed by atoms with E-state index < -0.39 is 0 Å². The van der Waals surface area contributed by atoms with Gasteiger partial charge in [0.2, 0.25) is 0 Å². The molecule has 4 aromatic rings. The van der Waals surface area contributed by atoms with Crippen LogP contribution >= 0.6 is 0 Å². The number of rotatable bonds is 6. The van der Waals surface area contributed by atoms with Gasteiger partial charge in [0.05, 0.1) is 43.5 Å². The van der Waals surface area contributed by atoms with Crippen molar-refractivity contribution in [2.45, 2.75) is 0 Å². The molecule has 0 aliphatic heterocycles. The van der Waals surface area contributed by atoms with E-state index in [0.717, 1.165) is 10.9 Å². The molecular weight excluding hydrogens is 382 g/mol. The molecule has 0 atom stereocenters. The predicted molar refractivity (Wildman–Crippen MR) is 114 cm³/mol. The van der Waals surface area contributed by atoms with Crippen molar-refractivity contribution in [1.29, 1.82) is 0 Å². The molecule has 0 bridgehead atoms. The summed E-state index contributed by atoms with van der Waals surface area (Å²) in [5.74, 6) is 1.45. The zero-order chi connectivity index (χ0) is 20.9. The first-order valence-electron chi connectivity index (χ1n) is 9.18. The molecule has 2 aromatic carbocycles. The summed E-state index contributed by atoms with van der Waals surface area (Å²) in [4.78, 5) is 17.6. The Morgan fingerprint density at radius 1 is 1.07 bits per heavy atom. The van der Waals surface area contributed by atoms with Gasteiger partial charge < -0.3 is 13.9 Å². The highest BCUT2D eigenvalue weighted by molar-refractivity contribution is 6.07. The summed E-state index contributed by atoms with van der Waals surface area (Å²) in [6, 6.07) is 18.1. The van der Waals surface area contributed by atoms with Gasteiger partial charge in [-0.1, -0.05) is 18.2 Å². The fourth-order valence-corrected chi connectivity index (χ4v) is 3.09. The number of aromatic nitrogens is 1. The highest BCUT2D eigenvalue weighted by atomic mass is 16.5. The number of para-hydroxylation sites is 1. The molecule has 7 nitrogen and oxygen atoms in total. The van der Waals surface area contributed by atoms with Crippen LogP contribution < -0.4 is 14.9 Å². The molecule has 0 fully saturated rings. The Morgan fingerprint density at radius 3 is 2.70 bits per heavy atom. The van der Waals surface area contributed by atoms with Gasteiger partial charge in [-0.25, -0.2) is 10.4 Å². The van der Waals surface area contributed by atoms with Crippen molar-refractivity contribution in [3.63, 3.8) is 0 Å². The van der Waals surface area contributed by atoms with E-state index in [1.54, 1.807) is 38.5 Å². The van der Waals surface area contributed by atoms with E-state index >= 15 is 0 Å². The molecule has 7 heteroatoms. The Kier molecular flexibility index (Phi) is 5.43. The Bertz CT molecular complexity index is 1220. The van der Waals surface area contributed by atoms with Gasteiger partial charge in [0.15, 0.2) is 0 Å². The fourth-order valence-electron chi connectivity index (χ4n) is 3.09. The average molecular weight is 401 g/mol. The second-order valence-electron chi connectivity index (χ2n) is 6.35. The van der Waals surface area contributed by atoms with Crippen LogP contribution in [0.15, 0.2) is 76.4 Å². The van der Waals surface area contributed by atoms with Crippen molar-refractivity contribution in [2.75, 3.05) is 14.2 Å². The lowest BCUT2D eigenvalue weighted by atomic mass is 10.0. The molecule has 1 N–H and O–H groups in total. The van der Waals surface area contributed by atoms with Crippen LogP contribution in [0.3, 0.4) is 0 Å². The van der Waals surface area contributed by atoms with Crippen LogP contribution in [0.5, 0.6) is 11.5 Å². The second kappa shape index (κ2) is 8.48. The molecule has 1 amide bonds. The highest BCUT2D eigenvalue weighted by Gasteiger charge is 2.16. The van der Waals surface area contributed by atoms with Crippen LogP contribution in [-0.2, 0) is 0 Å². The van der Waals surface area contributed by atoms with E-state index in [1.165, 1.54) is 12.5 Å². The number of benzene rings is 2. The van der Waals surface area contributed by atoms with Crippen molar-refractivity contribution < 1.29 is 18.7 Å². The maximum absolute atomic E-state index is 12.9. The standard InChI is InChI=1S/C23H19N3O4/c1-28-15-9-10-18(22(12-15)29-2)21-13-19(17-7-3-4-8-20(17)25-21)23(27)26-24-14-16-6-5-11-30-16/h3-14H,1-2H3,(H,26,27). The Balaban J connectivity index is 1.75. The molecule has 4 rings (SSSR count). The van der Waals surface area contributed by atoms with Gasteiger partial charge in [0.25, 0.3) is 5.91 Å². The lowest BCUT2D eigenvalue weighted by Crippen LogP contribution is -2.18. The largest absolute Gasteiger partial charge is 0.497 e. The van der Waals surface area contributed by atoms with Crippen LogP contribution in [0.4, 0.5) is 0 Å². The molecule has 0 saturated carbocycles. The molecule has 0 radical (unpaired) electrons. The first kappa shape index (κ1) is 19.2. The number of furan rings is 1. The smallest absolute Gasteiger partial charge is 0.272 e. The van der Waals surface area contributed by atoms with E-state index in [2.05, 4.69) is 10.5 Å². The molecule has 2 heterocycles. The van der Waals surface area contributed by atoms with Crippen molar-refractivity contribution in [3.8, 4) is 22.8 Å². The van der Waals surface area contributed by atoms with Crippen LogP contribution in [0.25, 0.3) is 22.2 Å². The lowest BCUT2D eigenvalue weighted by molar-refractivity contribution is 0.0956. The first-order valence-corrected chi connectivity index (χ1v) is 9.18. The fraction of sp³-hybridized carbons (Fsp3) is 0.0870. The summed E-state index contributed by atoms with van der Waals surface area (Å²) in [6.45, 7) is 0. The number of methoxy groups -OCH3 is 2. The molecule has 150 valence electrons. The predicted octanol–water partition coefficient (Wildman–Crippen LogP) is 4.28. The van der Waals surface area contributed by atoms with Crippen LogP contribution in [0, 0.1) is 0 Å². The van der Waals surface area contributed by atoms with E-state index in [0.29, 0.717) is 34.0 Å². The normalized spacial score (nSPS) is 11.0. The molecule has 0 saturated heterocycles. The summed E-state index contributed by atoms with van der Waals surface area (Å²) in [6.07, 6.45) is 2.97. The molecule has 2 aromatic heterocycles. The van der Waals surface area contributed by atoms with E-state index in [9.17, 15) is 4.79 Å². The number of hydrogen-bond donors (Lipinski definition) is 1. The average Bonchev–Trinajstić information content (AvgIpc) is 3.31. The molecular formula is C23H19N3O4. The first-order chi connectivity index (χ1) is 14.7. The van der Waals surface area contributed by atoms with Gasteiger partial charge in [-0.3, -0.25) is 4.79 Å². The highest BCUT2D eigenvalue weighted by Crippen LogP contribution is 2.34. The third-order valence-electron chi connectivity index (χ3n) is 4.55. The minimum atomic E-state index is -0.356. The Hall–Kier alpha value is -4.13. The number of amides is 1. The van der Waals surface area contributed by atoms with Crippen LogP contribution in [0.2, 0.25) is 0 Å². The topological polar surface area (TPSA) is 86.0 Å². The summed E-state index contributed by atoms with van der Waals surface area (Å²) in [5, 5.41) is 4.70. The van der Waals surface area contributed by atoms with Gasteiger partial charge in [-0.05, 0) is 36.4 Å². The van der Waals surface area contributed by atoms with Crippen LogP contribution in [-0.4, -0.2) is 31.3 Å². The number of hydrogen-bond acceptors (Lipinski definition) is 6. The van der Waals surface area contributed by atoms with E-state index in [4.69, 9.17) is 18.9 Å². The molecule has 0 unspecified atom stereocenters. The minimum Gasteiger partial charge on any atom is -0.497 e. The third kappa shape index (κ3) is 3.86. The zero-order valence-corrected chi connectivity index (χ0v) is 16.5. The second-order valence-corrected chi connectivity index (χ2v) is 6.35. The maximum atomic E-state index is 12.9. The Morgan fingerprint density at radius 2 is 1.93 bits per heavy atom. The number of carbonyl (C=O) groups excluding carboxylic acids is 1. The van der Waals surface area contributed by atoms with Crippen molar-refractivity contribution in [3.05, 3.63) is 78.3 Å². The number of nitrogens with zero attached hydrogens (tertiary/aromatic N) is 2. The minimum absolute atomic E-state index is 0.356. The van der Waals surface area contributed by atoms with Crippen molar-refractivity contribution in [2.24, 2.45) is 5.10 Å². The molecule has 0 aliphatic rings. The summed E-state index contributed by atoms with van der Waals surface area (Å²) in [7, 11) is 3.17. The zero-order valence-electron chi connectivity index (χ0n) is 16.5. The maximum Gasteiger partial charge on any atom is 0.272 e. The monoisotopic (exact) mass is 401 g/mol. The quantitative estimate of drug-likeness (QED) is 0.385. The molecule has 30 heavy (non-hydrogen) atoms. The number of carbonyl (C=O) groups is 1. The SMILES string of the molecule is COc1ccc(-c2cc(C(=O)NN=Cc3ccco3)c3ccccc3n2)c(OC)c1. The number of fused-ring (bicyclic) bond motifs is 1. The van der Waals surface area contributed by atoms with Crippen molar-refractivity contribution >= 4 is 23.0 Å². The Labute approximate surface area is 173 Å².